The molecule has 0 aromatic carbocycles. The molecule has 0 aliphatic carbocycles. The summed E-state index contributed by atoms with van der Waals surface area (Å²) >= 11 is 2.27. The molecule has 3 aromatic rings. The number of aromatic nitrogens is 2. The lowest BCUT2D eigenvalue weighted by Gasteiger charge is -2.34. The van der Waals surface area contributed by atoms with Crippen LogP contribution >= 0.6 is 22.7 Å². The van der Waals surface area contributed by atoms with Crippen molar-refractivity contribution in [2.45, 2.75) is 27.2 Å². The maximum absolute atomic E-state index is 13.2. The third-order valence-corrected chi connectivity index (χ3v) is 7.56. The first kappa shape index (κ1) is 21.3. The van der Waals surface area contributed by atoms with E-state index in [1.54, 1.807) is 9.80 Å². The zero-order valence-corrected chi connectivity index (χ0v) is 19.0. The van der Waals surface area contributed by atoms with Gasteiger partial charge in [-0.05, 0) is 25.5 Å². The monoisotopic (exact) mass is 459 g/mol. The van der Waals surface area contributed by atoms with Crippen LogP contribution < -0.4 is 0 Å². The number of nitrogens with zero attached hydrogens (tertiary/aromatic N) is 5. The predicted molar refractivity (Wildman–Crippen MR) is 119 cm³/mol. The highest BCUT2D eigenvalue weighted by Gasteiger charge is 2.29. The number of carbonyl (C=O) groups excluding carboxylic acids is 2. The van der Waals surface area contributed by atoms with Gasteiger partial charge in [-0.3, -0.25) is 19.7 Å². The summed E-state index contributed by atoms with van der Waals surface area (Å²) in [4.78, 5) is 50.5. The van der Waals surface area contributed by atoms with E-state index in [2.05, 4.69) is 9.97 Å². The molecule has 4 heterocycles. The SMILES string of the molecule is CCc1nc(C)c2c(C)c(C(=O)N3CCN(C(=O)c4ccc([N+](=O)[O-])s4)CC3)sc2n1. The number of thiophene rings is 2. The smallest absolute Gasteiger partial charge is 0.324 e. The molecule has 2 amide bonds. The molecular formula is C20H21N5O4S2. The molecule has 162 valence electrons. The van der Waals surface area contributed by atoms with Crippen LogP contribution in [0, 0.1) is 24.0 Å². The average Bonchev–Trinajstić information content (AvgIpc) is 3.38. The molecular weight excluding hydrogens is 438 g/mol. The minimum absolute atomic E-state index is 0.0537. The van der Waals surface area contributed by atoms with E-state index >= 15 is 0 Å². The van der Waals surface area contributed by atoms with E-state index in [-0.39, 0.29) is 16.8 Å². The second-order valence-corrected chi connectivity index (χ2v) is 9.36. The molecule has 4 rings (SSSR count). The highest BCUT2D eigenvalue weighted by molar-refractivity contribution is 7.20. The largest absolute Gasteiger partial charge is 0.334 e. The summed E-state index contributed by atoms with van der Waals surface area (Å²) in [5.74, 6) is 0.476. The number of hydrogen-bond acceptors (Lipinski definition) is 8. The first-order valence-corrected chi connectivity index (χ1v) is 11.5. The Kier molecular flexibility index (Phi) is 5.71. The average molecular weight is 460 g/mol. The molecule has 31 heavy (non-hydrogen) atoms. The van der Waals surface area contributed by atoms with E-state index in [1.807, 2.05) is 20.8 Å². The first-order valence-electron chi connectivity index (χ1n) is 9.89. The van der Waals surface area contributed by atoms with E-state index < -0.39 is 4.92 Å². The van der Waals surface area contributed by atoms with Crippen molar-refractivity contribution in [3.63, 3.8) is 0 Å². The van der Waals surface area contributed by atoms with Gasteiger partial charge in [0.25, 0.3) is 11.8 Å². The van der Waals surface area contributed by atoms with E-state index in [4.69, 9.17) is 0 Å². The molecule has 0 radical (unpaired) electrons. The lowest BCUT2D eigenvalue weighted by Crippen LogP contribution is -2.50. The van der Waals surface area contributed by atoms with Crippen LogP contribution in [0.15, 0.2) is 12.1 Å². The Bertz CT molecular complexity index is 1190. The van der Waals surface area contributed by atoms with E-state index in [9.17, 15) is 19.7 Å². The van der Waals surface area contributed by atoms with Gasteiger partial charge in [-0.1, -0.05) is 18.3 Å². The molecule has 0 atom stereocenters. The molecule has 0 unspecified atom stereocenters. The number of fused-ring (bicyclic) bond motifs is 1. The third-order valence-electron chi connectivity index (χ3n) is 5.36. The fourth-order valence-corrected chi connectivity index (χ4v) is 5.72. The van der Waals surface area contributed by atoms with Crippen molar-refractivity contribution >= 4 is 49.7 Å². The van der Waals surface area contributed by atoms with Gasteiger partial charge in [-0.2, -0.15) is 0 Å². The minimum atomic E-state index is -0.499. The van der Waals surface area contributed by atoms with E-state index in [1.165, 1.54) is 23.5 Å². The first-order chi connectivity index (χ1) is 14.8. The Labute approximate surface area is 186 Å². The number of rotatable bonds is 4. The van der Waals surface area contributed by atoms with Crippen LogP contribution in [0.5, 0.6) is 0 Å². The lowest BCUT2D eigenvalue weighted by atomic mass is 10.1. The van der Waals surface area contributed by atoms with Gasteiger partial charge in [-0.25, -0.2) is 9.97 Å². The van der Waals surface area contributed by atoms with E-state index in [0.29, 0.717) is 35.9 Å². The third kappa shape index (κ3) is 3.90. The Morgan fingerprint density at radius 3 is 2.29 bits per heavy atom. The van der Waals surface area contributed by atoms with Gasteiger partial charge in [0.2, 0.25) is 0 Å². The van der Waals surface area contributed by atoms with Gasteiger partial charge in [-0.15, -0.1) is 11.3 Å². The zero-order chi connectivity index (χ0) is 22.3. The number of piperazine rings is 1. The van der Waals surface area contributed by atoms with Crippen LogP contribution in [0.2, 0.25) is 0 Å². The highest BCUT2D eigenvalue weighted by atomic mass is 32.1. The van der Waals surface area contributed by atoms with Gasteiger partial charge in [0.1, 0.15) is 10.7 Å². The summed E-state index contributed by atoms with van der Waals surface area (Å²) in [7, 11) is 0. The second-order valence-electron chi connectivity index (χ2n) is 7.29. The fraction of sp³-hybridized carbons (Fsp3) is 0.400. The summed E-state index contributed by atoms with van der Waals surface area (Å²) in [6.07, 6.45) is 0.737. The van der Waals surface area contributed by atoms with Crippen LogP contribution in [0.3, 0.4) is 0 Å². The van der Waals surface area contributed by atoms with Crippen molar-refractivity contribution in [1.82, 2.24) is 19.8 Å². The Hall–Kier alpha value is -2.92. The minimum Gasteiger partial charge on any atom is -0.334 e. The topological polar surface area (TPSA) is 110 Å². The number of nitro groups is 1. The van der Waals surface area contributed by atoms with Crippen molar-refractivity contribution in [1.29, 1.82) is 0 Å². The fourth-order valence-electron chi connectivity index (χ4n) is 3.71. The van der Waals surface area contributed by atoms with Crippen LogP contribution in [-0.4, -0.2) is 62.7 Å². The van der Waals surface area contributed by atoms with Crippen LogP contribution in [-0.2, 0) is 6.42 Å². The molecule has 0 N–H and O–H groups in total. The molecule has 0 bridgehead atoms. The molecule has 3 aromatic heterocycles. The van der Waals surface area contributed by atoms with Gasteiger partial charge in [0, 0.05) is 49.7 Å². The number of hydrogen-bond donors (Lipinski definition) is 0. The Morgan fingerprint density at radius 1 is 1.06 bits per heavy atom. The number of amides is 2. The second kappa shape index (κ2) is 8.31. The van der Waals surface area contributed by atoms with Crippen LogP contribution in [0.25, 0.3) is 10.2 Å². The molecule has 9 nitrogen and oxygen atoms in total. The summed E-state index contributed by atoms with van der Waals surface area (Å²) < 4.78 is 0. The van der Waals surface area contributed by atoms with Gasteiger partial charge in [0.15, 0.2) is 0 Å². The maximum atomic E-state index is 13.2. The van der Waals surface area contributed by atoms with E-state index in [0.717, 1.165) is 45.1 Å². The number of carbonyl (C=O) groups is 2. The predicted octanol–water partition coefficient (Wildman–Crippen LogP) is 3.44. The van der Waals surface area contributed by atoms with Crippen molar-refractivity contribution in [3.8, 4) is 0 Å². The molecule has 1 aliphatic rings. The molecule has 0 saturated carbocycles. The van der Waals surface area contributed by atoms with Crippen LogP contribution in [0.4, 0.5) is 5.00 Å². The van der Waals surface area contributed by atoms with Gasteiger partial charge < -0.3 is 9.80 Å². The Morgan fingerprint density at radius 2 is 1.71 bits per heavy atom. The van der Waals surface area contributed by atoms with Crippen molar-refractivity contribution in [2.24, 2.45) is 0 Å². The summed E-state index contributed by atoms with van der Waals surface area (Å²) in [6, 6.07) is 2.83. The highest BCUT2D eigenvalue weighted by Crippen LogP contribution is 2.32. The molecule has 1 saturated heterocycles. The van der Waals surface area contributed by atoms with Crippen molar-refractivity contribution < 1.29 is 14.5 Å². The van der Waals surface area contributed by atoms with Crippen LogP contribution in [0.1, 0.15) is 43.3 Å². The van der Waals surface area contributed by atoms with Crippen molar-refractivity contribution in [3.05, 3.63) is 49.1 Å². The quantitative estimate of drug-likeness (QED) is 0.437. The summed E-state index contributed by atoms with van der Waals surface area (Å²) in [5, 5.41) is 11.7. The van der Waals surface area contributed by atoms with Crippen molar-refractivity contribution in [2.75, 3.05) is 26.2 Å². The Balaban J connectivity index is 1.48. The summed E-state index contributed by atoms with van der Waals surface area (Å²) in [5.41, 5.74) is 1.78. The van der Waals surface area contributed by atoms with Gasteiger partial charge in [0.05, 0.1) is 14.7 Å². The molecule has 0 spiro atoms. The zero-order valence-electron chi connectivity index (χ0n) is 17.4. The van der Waals surface area contributed by atoms with Gasteiger partial charge >= 0.3 is 5.00 Å². The molecule has 1 aliphatic heterocycles. The molecule has 1 fully saturated rings. The molecule has 11 heteroatoms. The summed E-state index contributed by atoms with van der Waals surface area (Å²) in [6.45, 7) is 7.47. The standard InChI is InChI=1S/C20H21N5O4S2/c1-4-14-21-12(3)16-11(2)17(31-18(16)22-14)20(27)24-9-7-23(8-10-24)19(26)13-5-6-15(30-13)25(28)29/h5-6H,4,7-10H2,1-3H3. The number of aryl methyl sites for hydroxylation is 3. The lowest BCUT2D eigenvalue weighted by molar-refractivity contribution is -0.380. The maximum Gasteiger partial charge on any atom is 0.324 e. The normalized spacial score (nSPS) is 14.3.